The van der Waals surface area contributed by atoms with Crippen LogP contribution in [0, 0.1) is 0 Å². The molecule has 0 saturated carbocycles. The fourth-order valence-electron chi connectivity index (χ4n) is 2.19. The molecule has 0 aliphatic rings. The molecule has 0 spiro atoms. The molecule has 0 fully saturated rings. The van der Waals surface area contributed by atoms with E-state index in [0.717, 1.165) is 10.6 Å². The predicted octanol–water partition coefficient (Wildman–Crippen LogP) is 4.03. The fourth-order valence-corrected chi connectivity index (χ4v) is 2.84. The quantitative estimate of drug-likeness (QED) is 0.680. The number of amides is 1. The predicted molar refractivity (Wildman–Crippen MR) is 98.1 cm³/mol. The Bertz CT molecular complexity index is 857. The minimum absolute atomic E-state index is 0.00881. The van der Waals surface area contributed by atoms with Crippen LogP contribution in [0.3, 0.4) is 0 Å². The van der Waals surface area contributed by atoms with Crippen LogP contribution in [-0.4, -0.2) is 23.3 Å². The lowest BCUT2D eigenvalue weighted by Crippen LogP contribution is -2.20. The second kappa shape index (κ2) is 7.72. The van der Waals surface area contributed by atoms with Crippen LogP contribution < -0.4 is 10.1 Å². The van der Waals surface area contributed by atoms with E-state index < -0.39 is 0 Å². The summed E-state index contributed by atoms with van der Waals surface area (Å²) in [5, 5.41) is 5.64. The fraction of sp³-hybridized carbons (Fsp3) is 0.105. The number of nitrogens with one attached hydrogen (secondary N) is 1. The number of rotatable bonds is 6. The number of nitrogens with zero attached hydrogens (tertiary/aromatic N) is 1. The summed E-state index contributed by atoms with van der Waals surface area (Å²) in [7, 11) is 0. The number of carbonyl (C=O) groups excluding carboxylic acids is 2. The molecule has 0 aliphatic carbocycles. The van der Waals surface area contributed by atoms with Crippen LogP contribution >= 0.6 is 11.3 Å². The van der Waals surface area contributed by atoms with Crippen LogP contribution in [0.15, 0.2) is 60.1 Å². The highest BCUT2D eigenvalue weighted by atomic mass is 32.1. The van der Waals surface area contributed by atoms with Crippen molar-refractivity contribution in [2.75, 3.05) is 11.9 Å². The minimum atomic E-state index is -0.252. The molecule has 0 bridgehead atoms. The molecule has 0 unspecified atom stereocenters. The summed E-state index contributed by atoms with van der Waals surface area (Å²) in [4.78, 5) is 27.4. The zero-order chi connectivity index (χ0) is 17.6. The Kier molecular flexibility index (Phi) is 5.20. The average Bonchev–Trinajstić information content (AvgIpc) is 3.15. The first kappa shape index (κ1) is 16.9. The number of Topliss-reactive ketones (excluding diaryl/α,β-unsaturated/α-hetero) is 1. The average molecular weight is 352 g/mol. The van der Waals surface area contributed by atoms with E-state index in [9.17, 15) is 9.59 Å². The molecule has 5 nitrogen and oxygen atoms in total. The first-order valence-electron chi connectivity index (χ1n) is 7.65. The van der Waals surface area contributed by atoms with Crippen molar-refractivity contribution in [3.05, 3.63) is 65.7 Å². The van der Waals surface area contributed by atoms with Gasteiger partial charge in [0.2, 0.25) is 0 Å². The van der Waals surface area contributed by atoms with E-state index in [2.05, 4.69) is 10.3 Å². The van der Waals surface area contributed by atoms with Crippen molar-refractivity contribution >= 4 is 28.7 Å². The van der Waals surface area contributed by atoms with Gasteiger partial charge >= 0.3 is 0 Å². The van der Waals surface area contributed by atoms with Crippen molar-refractivity contribution in [3.63, 3.8) is 0 Å². The van der Waals surface area contributed by atoms with Crippen molar-refractivity contribution < 1.29 is 14.3 Å². The van der Waals surface area contributed by atoms with Crippen LogP contribution in [0.4, 0.5) is 5.69 Å². The maximum Gasteiger partial charge on any atom is 0.262 e. The molecular formula is C19H16N2O3S. The zero-order valence-corrected chi connectivity index (χ0v) is 14.4. The summed E-state index contributed by atoms with van der Waals surface area (Å²) in [5.74, 6) is 0.280. The molecule has 0 radical (unpaired) electrons. The second-order valence-electron chi connectivity index (χ2n) is 5.33. The standard InChI is InChI=1S/C19H16N2O3S/c1-13(22)14-4-8-17(9-5-14)24-12-18(23)21-16-6-2-15(3-7-16)19-20-10-11-25-19/h2-11H,12H2,1H3,(H,21,23). The van der Waals surface area contributed by atoms with Crippen molar-refractivity contribution in [2.45, 2.75) is 6.92 Å². The maximum absolute atomic E-state index is 12.0. The zero-order valence-electron chi connectivity index (χ0n) is 13.6. The highest BCUT2D eigenvalue weighted by molar-refractivity contribution is 7.13. The van der Waals surface area contributed by atoms with Gasteiger partial charge in [-0.2, -0.15) is 0 Å². The molecular weight excluding hydrogens is 336 g/mol. The molecule has 0 aliphatic heterocycles. The van der Waals surface area contributed by atoms with E-state index in [1.807, 2.05) is 29.6 Å². The number of thiazole rings is 1. The lowest BCUT2D eigenvalue weighted by atomic mass is 10.1. The van der Waals surface area contributed by atoms with Gasteiger partial charge in [0.05, 0.1) is 0 Å². The topological polar surface area (TPSA) is 68.3 Å². The van der Waals surface area contributed by atoms with Crippen molar-refractivity contribution in [2.24, 2.45) is 0 Å². The van der Waals surface area contributed by atoms with E-state index in [1.165, 1.54) is 6.92 Å². The summed E-state index contributed by atoms with van der Waals surface area (Å²) >= 11 is 1.56. The number of ketones is 1. The molecule has 0 atom stereocenters. The largest absolute Gasteiger partial charge is 0.484 e. The summed E-state index contributed by atoms with van der Waals surface area (Å²) in [6, 6.07) is 14.2. The molecule has 126 valence electrons. The number of anilines is 1. The molecule has 1 amide bonds. The van der Waals surface area contributed by atoms with Crippen molar-refractivity contribution in [1.82, 2.24) is 4.98 Å². The van der Waals surface area contributed by atoms with Gasteiger partial charge in [-0.3, -0.25) is 9.59 Å². The molecule has 1 heterocycles. The highest BCUT2D eigenvalue weighted by Crippen LogP contribution is 2.23. The Morgan fingerprint density at radius 1 is 1.08 bits per heavy atom. The van der Waals surface area contributed by atoms with Gasteiger partial charge in [0.15, 0.2) is 12.4 Å². The number of aromatic nitrogens is 1. The van der Waals surface area contributed by atoms with E-state index in [4.69, 9.17) is 4.74 Å². The molecule has 3 aromatic rings. The number of carbonyl (C=O) groups is 2. The van der Waals surface area contributed by atoms with Crippen LogP contribution in [0.5, 0.6) is 5.75 Å². The van der Waals surface area contributed by atoms with E-state index >= 15 is 0 Å². The van der Waals surface area contributed by atoms with E-state index in [1.54, 1.807) is 41.8 Å². The molecule has 3 rings (SSSR count). The van der Waals surface area contributed by atoms with Crippen LogP contribution in [0.25, 0.3) is 10.6 Å². The van der Waals surface area contributed by atoms with Crippen LogP contribution in [-0.2, 0) is 4.79 Å². The molecule has 1 aromatic heterocycles. The Balaban J connectivity index is 1.53. The SMILES string of the molecule is CC(=O)c1ccc(OCC(=O)Nc2ccc(-c3nccs3)cc2)cc1. The van der Waals surface area contributed by atoms with Crippen molar-refractivity contribution in [3.8, 4) is 16.3 Å². The summed E-state index contributed by atoms with van der Waals surface area (Å²) in [6.07, 6.45) is 1.76. The molecule has 1 N–H and O–H groups in total. The first-order valence-corrected chi connectivity index (χ1v) is 8.53. The van der Waals surface area contributed by atoms with Gasteiger partial charge in [0.1, 0.15) is 10.8 Å². The third kappa shape index (κ3) is 4.51. The van der Waals surface area contributed by atoms with Crippen LogP contribution in [0.1, 0.15) is 17.3 Å². The smallest absolute Gasteiger partial charge is 0.262 e. The molecule has 25 heavy (non-hydrogen) atoms. The number of hydrogen-bond donors (Lipinski definition) is 1. The van der Waals surface area contributed by atoms with Gasteiger partial charge in [-0.15, -0.1) is 11.3 Å². The maximum atomic E-state index is 12.0. The monoisotopic (exact) mass is 352 g/mol. The van der Waals surface area contributed by atoms with Gasteiger partial charge < -0.3 is 10.1 Å². The van der Waals surface area contributed by atoms with Gasteiger partial charge in [0, 0.05) is 28.4 Å². The Labute approximate surface area is 149 Å². The Hall–Kier alpha value is -2.99. The highest BCUT2D eigenvalue weighted by Gasteiger charge is 2.06. The normalized spacial score (nSPS) is 10.3. The summed E-state index contributed by atoms with van der Waals surface area (Å²) < 4.78 is 5.43. The van der Waals surface area contributed by atoms with E-state index in [0.29, 0.717) is 17.0 Å². The third-order valence-corrected chi connectivity index (χ3v) is 4.30. The van der Waals surface area contributed by atoms with Crippen molar-refractivity contribution in [1.29, 1.82) is 0 Å². The van der Waals surface area contributed by atoms with Gasteiger partial charge in [0.25, 0.3) is 5.91 Å². The summed E-state index contributed by atoms with van der Waals surface area (Å²) in [5.41, 5.74) is 2.31. The minimum Gasteiger partial charge on any atom is -0.484 e. The molecule has 0 saturated heterocycles. The lowest BCUT2D eigenvalue weighted by molar-refractivity contribution is -0.118. The third-order valence-electron chi connectivity index (χ3n) is 3.48. The second-order valence-corrected chi connectivity index (χ2v) is 6.23. The number of hydrogen-bond acceptors (Lipinski definition) is 5. The van der Waals surface area contributed by atoms with Gasteiger partial charge in [-0.05, 0) is 55.5 Å². The Morgan fingerprint density at radius 3 is 2.40 bits per heavy atom. The van der Waals surface area contributed by atoms with Gasteiger partial charge in [-0.1, -0.05) is 0 Å². The van der Waals surface area contributed by atoms with Gasteiger partial charge in [-0.25, -0.2) is 4.98 Å². The molecule has 2 aromatic carbocycles. The number of benzene rings is 2. The van der Waals surface area contributed by atoms with E-state index in [-0.39, 0.29) is 18.3 Å². The van der Waals surface area contributed by atoms with Crippen LogP contribution in [0.2, 0.25) is 0 Å². The molecule has 6 heteroatoms. The number of ether oxygens (including phenoxy) is 1. The lowest BCUT2D eigenvalue weighted by Gasteiger charge is -2.08. The Morgan fingerprint density at radius 2 is 1.80 bits per heavy atom. The summed E-state index contributed by atoms with van der Waals surface area (Å²) in [6.45, 7) is 1.40. The first-order chi connectivity index (χ1) is 12.1.